The predicted molar refractivity (Wildman–Crippen MR) is 73.4 cm³/mol. The van der Waals surface area contributed by atoms with Crippen molar-refractivity contribution in [2.24, 2.45) is 0 Å². The highest BCUT2D eigenvalue weighted by Gasteiger charge is 2.13. The summed E-state index contributed by atoms with van der Waals surface area (Å²) in [6.07, 6.45) is 4.95. The van der Waals surface area contributed by atoms with Crippen LogP contribution >= 0.6 is 0 Å². The van der Waals surface area contributed by atoms with Gasteiger partial charge in [-0.2, -0.15) is 0 Å². The van der Waals surface area contributed by atoms with Crippen molar-refractivity contribution in [1.82, 2.24) is 4.98 Å². The van der Waals surface area contributed by atoms with Crippen molar-refractivity contribution in [2.75, 3.05) is 0 Å². The second-order valence-corrected chi connectivity index (χ2v) is 5.03. The number of hydrogen-bond donors (Lipinski definition) is 1. The molecule has 1 N–H and O–H groups in total. The number of carboxylic acid groups (broad SMARTS) is 1. The Balaban J connectivity index is 2.05. The molecule has 19 heavy (non-hydrogen) atoms. The van der Waals surface area contributed by atoms with Gasteiger partial charge in [-0.25, -0.2) is 4.79 Å². The Morgan fingerprint density at radius 3 is 2.74 bits per heavy atom. The number of aromatic carboxylic acids is 1. The van der Waals surface area contributed by atoms with Gasteiger partial charge in [0.2, 0.25) is 0 Å². The summed E-state index contributed by atoms with van der Waals surface area (Å²) in [6.45, 7) is 1.90. The molecule has 0 saturated carbocycles. The maximum absolute atomic E-state index is 10.9. The molecule has 3 nitrogen and oxygen atoms in total. The number of aromatic nitrogens is 1. The molecule has 1 aromatic heterocycles. The van der Waals surface area contributed by atoms with E-state index < -0.39 is 5.97 Å². The fourth-order valence-electron chi connectivity index (χ4n) is 2.71. The molecular weight excluding hydrogens is 238 g/mol. The number of benzene rings is 1. The lowest BCUT2D eigenvalue weighted by Gasteiger charge is -2.08. The molecular formula is C16H15NO2. The van der Waals surface area contributed by atoms with Crippen molar-refractivity contribution in [3.8, 4) is 11.3 Å². The lowest BCUT2D eigenvalue weighted by atomic mass is 10.0. The van der Waals surface area contributed by atoms with E-state index in [1.807, 2.05) is 6.92 Å². The molecule has 0 bridgehead atoms. The van der Waals surface area contributed by atoms with Gasteiger partial charge in [-0.3, -0.25) is 4.98 Å². The van der Waals surface area contributed by atoms with Crippen LogP contribution in [0.25, 0.3) is 11.3 Å². The minimum Gasteiger partial charge on any atom is -0.478 e. The van der Waals surface area contributed by atoms with Gasteiger partial charge in [0.15, 0.2) is 0 Å². The third kappa shape index (κ3) is 2.12. The van der Waals surface area contributed by atoms with Crippen LogP contribution in [0.1, 0.15) is 33.5 Å². The Kier molecular flexibility index (Phi) is 2.82. The molecule has 2 aromatic rings. The van der Waals surface area contributed by atoms with Gasteiger partial charge in [-0.05, 0) is 55.0 Å². The summed E-state index contributed by atoms with van der Waals surface area (Å²) < 4.78 is 0. The van der Waals surface area contributed by atoms with E-state index >= 15 is 0 Å². The molecule has 96 valence electrons. The maximum Gasteiger partial charge on any atom is 0.337 e. The molecule has 1 aromatic carbocycles. The normalized spacial score (nSPS) is 13.3. The number of fused-ring (bicyclic) bond motifs is 1. The molecule has 1 aliphatic carbocycles. The molecule has 1 aliphatic rings. The second kappa shape index (κ2) is 4.50. The third-order valence-electron chi connectivity index (χ3n) is 3.70. The first kappa shape index (κ1) is 11.9. The summed E-state index contributed by atoms with van der Waals surface area (Å²) in [5, 5.41) is 8.96. The van der Waals surface area contributed by atoms with E-state index in [0.717, 1.165) is 23.2 Å². The Bertz CT molecular complexity index is 662. The first-order valence-electron chi connectivity index (χ1n) is 6.47. The van der Waals surface area contributed by atoms with Crippen LogP contribution in [0.3, 0.4) is 0 Å². The molecule has 0 radical (unpaired) electrons. The van der Waals surface area contributed by atoms with E-state index in [-0.39, 0.29) is 5.56 Å². The maximum atomic E-state index is 10.9. The van der Waals surface area contributed by atoms with E-state index in [0.29, 0.717) is 0 Å². The first-order chi connectivity index (χ1) is 9.15. The summed E-state index contributed by atoms with van der Waals surface area (Å²) in [5.74, 6) is -0.934. The summed E-state index contributed by atoms with van der Waals surface area (Å²) in [4.78, 5) is 15.2. The summed E-state index contributed by atoms with van der Waals surface area (Å²) in [6, 6.07) is 8.12. The van der Waals surface area contributed by atoms with E-state index in [9.17, 15) is 4.79 Å². The second-order valence-electron chi connectivity index (χ2n) is 5.03. The largest absolute Gasteiger partial charge is 0.478 e. The third-order valence-corrected chi connectivity index (χ3v) is 3.70. The zero-order chi connectivity index (χ0) is 13.4. The number of aryl methyl sites for hydroxylation is 3. The smallest absolute Gasteiger partial charge is 0.337 e. The molecule has 3 heteroatoms. The van der Waals surface area contributed by atoms with Crippen molar-refractivity contribution in [2.45, 2.75) is 26.2 Å². The average Bonchev–Trinajstić information content (AvgIpc) is 2.85. The molecule has 3 rings (SSSR count). The van der Waals surface area contributed by atoms with Crippen LogP contribution in [0, 0.1) is 6.92 Å². The van der Waals surface area contributed by atoms with Crippen LogP contribution in [0.2, 0.25) is 0 Å². The number of carboxylic acids is 1. The van der Waals surface area contributed by atoms with E-state index in [1.165, 1.54) is 30.2 Å². The van der Waals surface area contributed by atoms with Crippen LogP contribution in [0.15, 0.2) is 30.5 Å². The summed E-state index contributed by atoms with van der Waals surface area (Å²) in [7, 11) is 0. The molecule has 0 fully saturated rings. The topological polar surface area (TPSA) is 50.2 Å². The predicted octanol–water partition coefficient (Wildman–Crippen LogP) is 3.24. The van der Waals surface area contributed by atoms with Crippen molar-refractivity contribution < 1.29 is 9.90 Å². The SMILES string of the molecule is Cc1cc(C(=O)O)cnc1-c1ccc2c(c1)CCC2. The summed E-state index contributed by atoms with van der Waals surface area (Å²) >= 11 is 0. The first-order valence-corrected chi connectivity index (χ1v) is 6.47. The summed E-state index contributed by atoms with van der Waals surface area (Å²) in [5.41, 5.74) is 5.93. The number of nitrogens with zero attached hydrogens (tertiary/aromatic N) is 1. The van der Waals surface area contributed by atoms with E-state index in [4.69, 9.17) is 5.11 Å². The lowest BCUT2D eigenvalue weighted by Crippen LogP contribution is -1.99. The lowest BCUT2D eigenvalue weighted by molar-refractivity contribution is 0.0696. The standard InChI is InChI=1S/C16H15NO2/c1-10-7-14(16(18)19)9-17-15(10)13-6-5-11-3-2-4-12(11)8-13/h5-9H,2-4H2,1H3,(H,18,19). The van der Waals surface area contributed by atoms with Gasteiger partial charge in [0.1, 0.15) is 0 Å². The van der Waals surface area contributed by atoms with Gasteiger partial charge in [-0.15, -0.1) is 0 Å². The fraction of sp³-hybridized carbons (Fsp3) is 0.250. The van der Waals surface area contributed by atoms with E-state index in [1.54, 1.807) is 6.07 Å². The zero-order valence-corrected chi connectivity index (χ0v) is 10.8. The van der Waals surface area contributed by atoms with Crippen LogP contribution in [0.5, 0.6) is 0 Å². The minimum atomic E-state index is -0.934. The van der Waals surface area contributed by atoms with Crippen molar-refractivity contribution in [3.63, 3.8) is 0 Å². The quantitative estimate of drug-likeness (QED) is 0.893. The van der Waals surface area contributed by atoms with Gasteiger partial charge in [0, 0.05) is 11.8 Å². The van der Waals surface area contributed by atoms with Crippen LogP contribution in [-0.2, 0) is 12.8 Å². The molecule has 0 spiro atoms. The van der Waals surface area contributed by atoms with Gasteiger partial charge < -0.3 is 5.11 Å². The molecule has 0 amide bonds. The highest BCUT2D eigenvalue weighted by Crippen LogP contribution is 2.28. The van der Waals surface area contributed by atoms with Crippen LogP contribution in [0.4, 0.5) is 0 Å². The van der Waals surface area contributed by atoms with Gasteiger partial charge in [0.05, 0.1) is 11.3 Å². The highest BCUT2D eigenvalue weighted by molar-refractivity contribution is 5.88. The Hall–Kier alpha value is -2.16. The average molecular weight is 253 g/mol. The fourth-order valence-corrected chi connectivity index (χ4v) is 2.71. The molecule has 0 saturated heterocycles. The minimum absolute atomic E-state index is 0.238. The van der Waals surface area contributed by atoms with Crippen LogP contribution < -0.4 is 0 Å². The van der Waals surface area contributed by atoms with Crippen LogP contribution in [-0.4, -0.2) is 16.1 Å². The molecule has 0 aliphatic heterocycles. The monoisotopic (exact) mass is 253 g/mol. The Morgan fingerprint density at radius 2 is 2.00 bits per heavy atom. The van der Waals surface area contributed by atoms with Gasteiger partial charge >= 0.3 is 5.97 Å². The number of hydrogen-bond acceptors (Lipinski definition) is 2. The number of rotatable bonds is 2. The number of carbonyl (C=O) groups is 1. The van der Waals surface area contributed by atoms with Crippen molar-refractivity contribution >= 4 is 5.97 Å². The van der Waals surface area contributed by atoms with Crippen molar-refractivity contribution in [3.05, 3.63) is 52.7 Å². The number of pyridine rings is 1. The Morgan fingerprint density at radius 1 is 1.21 bits per heavy atom. The van der Waals surface area contributed by atoms with Gasteiger partial charge in [0.25, 0.3) is 0 Å². The highest BCUT2D eigenvalue weighted by atomic mass is 16.4. The van der Waals surface area contributed by atoms with Gasteiger partial charge in [-0.1, -0.05) is 12.1 Å². The molecule has 1 heterocycles. The molecule has 0 atom stereocenters. The zero-order valence-electron chi connectivity index (χ0n) is 10.8. The Labute approximate surface area is 111 Å². The van der Waals surface area contributed by atoms with Crippen molar-refractivity contribution in [1.29, 1.82) is 0 Å². The van der Waals surface area contributed by atoms with E-state index in [2.05, 4.69) is 23.2 Å². The molecule has 0 unspecified atom stereocenters.